The van der Waals surface area contributed by atoms with E-state index in [9.17, 15) is 4.79 Å². The minimum absolute atomic E-state index is 0.291. The monoisotopic (exact) mass is 455 g/mol. The van der Waals surface area contributed by atoms with Crippen LogP contribution in [0.3, 0.4) is 0 Å². The van der Waals surface area contributed by atoms with Crippen molar-refractivity contribution in [3.05, 3.63) is 41.7 Å². The van der Waals surface area contributed by atoms with Gasteiger partial charge in [-0.25, -0.2) is 0 Å². The second-order valence-electron chi connectivity index (χ2n) is 9.60. The molecule has 4 rings (SSSR count). The van der Waals surface area contributed by atoms with Gasteiger partial charge >= 0.3 is 0 Å². The van der Waals surface area contributed by atoms with Gasteiger partial charge in [-0.1, -0.05) is 42.1 Å². The van der Waals surface area contributed by atoms with Gasteiger partial charge in [0.1, 0.15) is 5.82 Å². The first kappa shape index (κ1) is 23.3. The van der Waals surface area contributed by atoms with Crippen LogP contribution in [0.2, 0.25) is 0 Å². The topological polar surface area (TPSA) is 54.3 Å². The fraction of sp³-hybridized carbons (Fsp3) is 0.640. The highest BCUT2D eigenvalue weighted by atomic mass is 32.2. The third-order valence-electron chi connectivity index (χ3n) is 6.95. The number of rotatable bonds is 7. The molecule has 2 aliphatic heterocycles. The zero-order valence-corrected chi connectivity index (χ0v) is 20.6. The van der Waals surface area contributed by atoms with E-state index in [4.69, 9.17) is 0 Å². The standard InChI is InChI=1S/C25H37N5OS/c1-19(2)30-24(26-27-25(30)32-3)22-10-7-13-28(17-22)18-23(31)29-14-11-21(12-15-29)16-20-8-5-4-6-9-20/h4-6,8-9,19,21-22H,7,10-18H2,1-3H3. The number of amides is 1. The van der Waals surface area contributed by atoms with Crippen LogP contribution in [0.15, 0.2) is 35.5 Å². The number of aromatic nitrogens is 3. The molecule has 0 saturated carbocycles. The average molecular weight is 456 g/mol. The molecule has 2 aliphatic rings. The normalized spacial score (nSPS) is 20.8. The smallest absolute Gasteiger partial charge is 0.236 e. The summed E-state index contributed by atoms with van der Waals surface area (Å²) in [6.07, 6.45) is 7.63. The summed E-state index contributed by atoms with van der Waals surface area (Å²) < 4.78 is 2.28. The molecule has 1 aromatic carbocycles. The third-order valence-corrected chi connectivity index (χ3v) is 7.60. The Balaban J connectivity index is 1.29. The lowest BCUT2D eigenvalue weighted by Gasteiger charge is -2.36. The van der Waals surface area contributed by atoms with Crippen molar-refractivity contribution in [3.63, 3.8) is 0 Å². The van der Waals surface area contributed by atoms with Crippen LogP contribution in [0.25, 0.3) is 0 Å². The number of hydrogen-bond acceptors (Lipinski definition) is 5. The molecule has 174 valence electrons. The average Bonchev–Trinajstić information content (AvgIpc) is 3.25. The molecule has 0 bridgehead atoms. The van der Waals surface area contributed by atoms with Gasteiger partial charge in [0.15, 0.2) is 5.16 Å². The van der Waals surface area contributed by atoms with Crippen molar-refractivity contribution >= 4 is 17.7 Å². The number of benzene rings is 1. The van der Waals surface area contributed by atoms with Crippen molar-refractivity contribution in [1.82, 2.24) is 24.6 Å². The van der Waals surface area contributed by atoms with Gasteiger partial charge in [-0.2, -0.15) is 0 Å². The summed E-state index contributed by atoms with van der Waals surface area (Å²) >= 11 is 1.65. The van der Waals surface area contributed by atoms with Gasteiger partial charge < -0.3 is 9.47 Å². The zero-order chi connectivity index (χ0) is 22.5. The maximum Gasteiger partial charge on any atom is 0.236 e. The molecule has 2 aromatic rings. The molecule has 0 aliphatic carbocycles. The molecule has 1 unspecified atom stereocenters. The molecule has 32 heavy (non-hydrogen) atoms. The maximum atomic E-state index is 13.0. The van der Waals surface area contributed by atoms with E-state index in [1.54, 1.807) is 11.8 Å². The van der Waals surface area contributed by atoms with Gasteiger partial charge in [0.25, 0.3) is 0 Å². The lowest BCUT2D eigenvalue weighted by molar-refractivity contribution is -0.134. The Labute approximate surface area is 196 Å². The fourth-order valence-corrected chi connectivity index (χ4v) is 5.85. The SMILES string of the molecule is CSc1nnc(C2CCCN(CC(=O)N3CCC(Cc4ccccc4)CC3)C2)n1C(C)C. The molecule has 7 heteroatoms. The Morgan fingerprint density at radius 3 is 2.53 bits per heavy atom. The summed E-state index contributed by atoms with van der Waals surface area (Å²) in [5.41, 5.74) is 1.41. The second-order valence-corrected chi connectivity index (χ2v) is 10.4. The number of piperidine rings is 2. The van der Waals surface area contributed by atoms with Crippen LogP contribution in [0, 0.1) is 5.92 Å². The van der Waals surface area contributed by atoms with E-state index in [0.717, 1.165) is 69.3 Å². The lowest BCUT2D eigenvalue weighted by Crippen LogP contribution is -2.46. The van der Waals surface area contributed by atoms with E-state index in [1.807, 2.05) is 0 Å². The quantitative estimate of drug-likeness (QED) is 0.585. The molecule has 2 fully saturated rings. The van der Waals surface area contributed by atoms with Crippen molar-refractivity contribution in [1.29, 1.82) is 0 Å². The van der Waals surface area contributed by atoms with E-state index >= 15 is 0 Å². The number of nitrogens with zero attached hydrogens (tertiary/aromatic N) is 5. The highest BCUT2D eigenvalue weighted by molar-refractivity contribution is 7.98. The molecule has 6 nitrogen and oxygen atoms in total. The number of carbonyl (C=O) groups is 1. The van der Waals surface area contributed by atoms with Crippen LogP contribution in [-0.4, -0.2) is 69.5 Å². The molecule has 1 atom stereocenters. The molecule has 1 aromatic heterocycles. The first-order valence-corrected chi connectivity index (χ1v) is 13.3. The molecule has 2 saturated heterocycles. The first-order chi connectivity index (χ1) is 15.5. The maximum absolute atomic E-state index is 13.0. The summed E-state index contributed by atoms with van der Waals surface area (Å²) in [5, 5.41) is 9.95. The first-order valence-electron chi connectivity index (χ1n) is 12.1. The highest BCUT2D eigenvalue weighted by Gasteiger charge is 2.30. The molecule has 0 N–H and O–H groups in total. The van der Waals surface area contributed by atoms with Crippen LogP contribution < -0.4 is 0 Å². The van der Waals surface area contributed by atoms with Crippen LogP contribution in [-0.2, 0) is 11.2 Å². The third kappa shape index (κ3) is 5.54. The highest BCUT2D eigenvalue weighted by Crippen LogP contribution is 2.30. The number of hydrogen-bond donors (Lipinski definition) is 0. The van der Waals surface area contributed by atoms with Crippen molar-refractivity contribution in [2.24, 2.45) is 5.92 Å². The minimum atomic E-state index is 0.291. The van der Waals surface area contributed by atoms with Gasteiger partial charge in [0.2, 0.25) is 5.91 Å². The summed E-state index contributed by atoms with van der Waals surface area (Å²) in [4.78, 5) is 17.5. The second kappa shape index (κ2) is 10.8. The van der Waals surface area contributed by atoms with Crippen LogP contribution in [0.5, 0.6) is 0 Å². The summed E-state index contributed by atoms with van der Waals surface area (Å²) in [6.45, 7) is 8.60. The molecular weight excluding hydrogens is 418 g/mol. The number of likely N-dealkylation sites (tertiary alicyclic amines) is 2. The predicted octanol–water partition coefficient (Wildman–Crippen LogP) is 4.24. The largest absolute Gasteiger partial charge is 0.342 e. The molecule has 0 spiro atoms. The van der Waals surface area contributed by atoms with Gasteiger partial charge in [-0.15, -0.1) is 10.2 Å². The van der Waals surface area contributed by atoms with E-state index < -0.39 is 0 Å². The van der Waals surface area contributed by atoms with Crippen LogP contribution in [0.1, 0.15) is 62.9 Å². The van der Waals surface area contributed by atoms with Crippen molar-refractivity contribution in [2.45, 2.75) is 63.1 Å². The van der Waals surface area contributed by atoms with Crippen molar-refractivity contribution in [3.8, 4) is 0 Å². The number of carbonyl (C=O) groups excluding carboxylic acids is 1. The Hall–Kier alpha value is -1.86. The van der Waals surface area contributed by atoms with E-state index in [-0.39, 0.29) is 0 Å². The van der Waals surface area contributed by atoms with Crippen molar-refractivity contribution < 1.29 is 4.79 Å². The lowest BCUT2D eigenvalue weighted by atomic mass is 9.90. The molecule has 1 amide bonds. The van der Waals surface area contributed by atoms with Gasteiger partial charge in [0.05, 0.1) is 6.54 Å². The summed E-state index contributed by atoms with van der Waals surface area (Å²) in [7, 11) is 0. The Morgan fingerprint density at radius 2 is 1.84 bits per heavy atom. The predicted molar refractivity (Wildman–Crippen MR) is 130 cm³/mol. The van der Waals surface area contributed by atoms with E-state index in [0.29, 0.717) is 30.3 Å². The van der Waals surface area contributed by atoms with Gasteiger partial charge in [-0.3, -0.25) is 9.69 Å². The van der Waals surface area contributed by atoms with Crippen LogP contribution in [0.4, 0.5) is 0 Å². The van der Waals surface area contributed by atoms with Crippen LogP contribution >= 0.6 is 11.8 Å². The number of thioether (sulfide) groups is 1. The minimum Gasteiger partial charge on any atom is -0.342 e. The summed E-state index contributed by atoms with van der Waals surface area (Å²) in [5.74, 6) is 2.42. The Kier molecular flexibility index (Phi) is 7.89. The zero-order valence-electron chi connectivity index (χ0n) is 19.7. The molecular formula is C25H37N5OS. The van der Waals surface area contributed by atoms with Gasteiger partial charge in [0, 0.05) is 31.6 Å². The molecule has 0 radical (unpaired) electrons. The van der Waals surface area contributed by atoms with Gasteiger partial charge in [-0.05, 0) is 70.2 Å². The molecule has 3 heterocycles. The summed E-state index contributed by atoms with van der Waals surface area (Å²) in [6, 6.07) is 11.1. The van der Waals surface area contributed by atoms with E-state index in [2.05, 4.69) is 75.0 Å². The van der Waals surface area contributed by atoms with E-state index in [1.165, 1.54) is 5.56 Å². The Morgan fingerprint density at radius 1 is 1.09 bits per heavy atom. The fourth-order valence-electron chi connectivity index (χ4n) is 5.23. The Bertz CT molecular complexity index is 876. The van der Waals surface area contributed by atoms with Crippen molar-refractivity contribution in [2.75, 3.05) is 39.0 Å².